The zero-order chi connectivity index (χ0) is 26.3. The number of halogens is 3. The molecule has 12 heteroatoms. The number of hydrogen-bond acceptors (Lipinski definition) is 6. The molecule has 0 radical (unpaired) electrons. The number of benzene rings is 3. The molecule has 37 heavy (non-hydrogen) atoms. The van der Waals surface area contributed by atoms with E-state index in [4.69, 9.17) is 12.2 Å². The maximum atomic E-state index is 12.3. The van der Waals surface area contributed by atoms with Crippen LogP contribution in [-0.2, 0) is 6.54 Å². The number of nitrogens with one attached hydrogen (secondary N) is 2. The van der Waals surface area contributed by atoms with Crippen LogP contribution in [0.4, 0.5) is 18.9 Å². The minimum Gasteiger partial charge on any atom is -0.406 e. The molecule has 0 saturated carbocycles. The first-order valence-corrected chi connectivity index (χ1v) is 11.2. The SMILES string of the molecule is C=NCc1ccccc1NC(=S)N/N=C/c1ccc(-c2ncn(-c3ccc(OC(F)(F)F)cc3)n2)cc1. The van der Waals surface area contributed by atoms with E-state index in [-0.39, 0.29) is 5.75 Å². The van der Waals surface area contributed by atoms with Crippen LogP contribution in [0.25, 0.3) is 17.1 Å². The van der Waals surface area contributed by atoms with Crippen LogP contribution < -0.4 is 15.5 Å². The highest BCUT2D eigenvalue weighted by atomic mass is 32.1. The fraction of sp³-hybridized carbons (Fsp3) is 0.0800. The third-order valence-corrected chi connectivity index (χ3v) is 5.12. The highest BCUT2D eigenvalue weighted by molar-refractivity contribution is 7.80. The number of anilines is 1. The van der Waals surface area contributed by atoms with Crippen LogP contribution in [0.5, 0.6) is 5.75 Å². The molecule has 4 rings (SSSR count). The number of ether oxygens (including phenoxy) is 1. The van der Waals surface area contributed by atoms with E-state index < -0.39 is 6.36 Å². The molecule has 2 N–H and O–H groups in total. The number of rotatable bonds is 8. The predicted octanol–water partition coefficient (Wildman–Crippen LogP) is 5.35. The average molecular weight is 524 g/mol. The normalized spacial score (nSPS) is 11.3. The molecule has 4 aromatic rings. The summed E-state index contributed by atoms with van der Waals surface area (Å²) in [4.78, 5) is 8.18. The average Bonchev–Trinajstić information content (AvgIpc) is 3.36. The second kappa shape index (κ2) is 11.4. The molecular weight excluding hydrogens is 503 g/mol. The molecule has 0 spiro atoms. The molecule has 0 bridgehead atoms. The first-order chi connectivity index (χ1) is 17.8. The van der Waals surface area contributed by atoms with Crippen LogP contribution in [0.1, 0.15) is 11.1 Å². The van der Waals surface area contributed by atoms with Gasteiger partial charge in [-0.3, -0.25) is 10.4 Å². The number of hydrogen-bond donors (Lipinski definition) is 2. The molecule has 0 unspecified atom stereocenters. The monoisotopic (exact) mass is 523 g/mol. The summed E-state index contributed by atoms with van der Waals surface area (Å²) < 4.78 is 42.3. The molecule has 3 aromatic carbocycles. The first kappa shape index (κ1) is 25.5. The van der Waals surface area contributed by atoms with Crippen molar-refractivity contribution in [3.8, 4) is 22.8 Å². The van der Waals surface area contributed by atoms with Gasteiger partial charge >= 0.3 is 6.36 Å². The van der Waals surface area contributed by atoms with Crippen molar-refractivity contribution >= 4 is 35.9 Å². The maximum Gasteiger partial charge on any atom is 0.573 e. The summed E-state index contributed by atoms with van der Waals surface area (Å²) in [6, 6.07) is 20.3. The smallest absolute Gasteiger partial charge is 0.406 e. The fourth-order valence-electron chi connectivity index (χ4n) is 3.25. The number of para-hydroxylation sites is 1. The van der Waals surface area contributed by atoms with E-state index in [9.17, 15) is 13.2 Å². The Kier molecular flexibility index (Phi) is 7.89. The fourth-order valence-corrected chi connectivity index (χ4v) is 3.42. The van der Waals surface area contributed by atoms with Crippen molar-refractivity contribution in [1.29, 1.82) is 0 Å². The summed E-state index contributed by atoms with van der Waals surface area (Å²) >= 11 is 5.29. The Morgan fingerprint density at radius 3 is 2.49 bits per heavy atom. The van der Waals surface area contributed by atoms with Crippen molar-refractivity contribution in [1.82, 2.24) is 20.2 Å². The van der Waals surface area contributed by atoms with E-state index in [1.807, 2.05) is 48.5 Å². The summed E-state index contributed by atoms with van der Waals surface area (Å²) in [5, 5.41) is 12.0. The van der Waals surface area contributed by atoms with E-state index in [1.165, 1.54) is 35.3 Å². The molecular formula is C25H20F3N7OS. The van der Waals surface area contributed by atoms with Crippen molar-refractivity contribution in [2.24, 2.45) is 10.1 Å². The van der Waals surface area contributed by atoms with Gasteiger partial charge in [-0.2, -0.15) is 5.10 Å². The van der Waals surface area contributed by atoms with Crippen LogP contribution in [0.2, 0.25) is 0 Å². The second-order valence-corrected chi connectivity index (χ2v) is 7.95. The van der Waals surface area contributed by atoms with Gasteiger partial charge in [0, 0.05) is 11.3 Å². The predicted molar refractivity (Wildman–Crippen MR) is 140 cm³/mol. The van der Waals surface area contributed by atoms with Crippen LogP contribution in [0.3, 0.4) is 0 Å². The van der Waals surface area contributed by atoms with E-state index in [0.717, 1.165) is 22.4 Å². The highest BCUT2D eigenvalue weighted by Crippen LogP contribution is 2.24. The third kappa shape index (κ3) is 7.21. The minimum absolute atomic E-state index is 0.310. The Morgan fingerprint density at radius 1 is 1.05 bits per heavy atom. The van der Waals surface area contributed by atoms with Crippen LogP contribution in [0, 0.1) is 0 Å². The second-order valence-electron chi connectivity index (χ2n) is 7.54. The number of aliphatic imine (C=N–C) groups is 1. The first-order valence-electron chi connectivity index (χ1n) is 10.8. The summed E-state index contributed by atoms with van der Waals surface area (Å²) in [6.07, 6.45) is -1.65. The molecule has 0 amide bonds. The van der Waals surface area contributed by atoms with Crippen molar-refractivity contribution in [2.75, 3.05) is 5.32 Å². The van der Waals surface area contributed by atoms with Gasteiger partial charge in [0.1, 0.15) is 12.1 Å². The van der Waals surface area contributed by atoms with Crippen molar-refractivity contribution in [2.45, 2.75) is 12.9 Å². The Labute approximate surface area is 215 Å². The molecule has 188 valence electrons. The number of thiocarbonyl (C=S) groups is 1. The molecule has 0 aliphatic rings. The number of alkyl halides is 3. The lowest BCUT2D eigenvalue weighted by Gasteiger charge is -2.10. The zero-order valence-corrected chi connectivity index (χ0v) is 20.0. The Hall–Kier alpha value is -4.58. The lowest BCUT2D eigenvalue weighted by molar-refractivity contribution is -0.274. The van der Waals surface area contributed by atoms with E-state index in [1.54, 1.807) is 6.21 Å². The van der Waals surface area contributed by atoms with Gasteiger partial charge in [-0.05, 0) is 60.4 Å². The lowest BCUT2D eigenvalue weighted by Crippen LogP contribution is -2.24. The van der Waals surface area contributed by atoms with Gasteiger partial charge in [0.2, 0.25) is 0 Å². The van der Waals surface area contributed by atoms with Gasteiger partial charge in [0.15, 0.2) is 10.9 Å². The van der Waals surface area contributed by atoms with Gasteiger partial charge in [-0.25, -0.2) is 9.67 Å². The third-order valence-electron chi connectivity index (χ3n) is 4.92. The van der Waals surface area contributed by atoms with E-state index in [2.05, 4.69) is 42.4 Å². The molecule has 0 fully saturated rings. The maximum absolute atomic E-state index is 12.3. The number of nitrogens with zero attached hydrogens (tertiary/aromatic N) is 5. The van der Waals surface area contributed by atoms with Gasteiger partial charge in [0.05, 0.1) is 18.4 Å². The Balaban J connectivity index is 1.34. The van der Waals surface area contributed by atoms with E-state index in [0.29, 0.717) is 23.2 Å². The standard InChI is InChI=1S/C25H20F3N7OS/c1-29-15-19-4-2-3-5-22(19)32-24(37)33-31-14-17-6-8-18(9-7-17)23-30-16-35(34-23)20-10-12-21(13-11-20)36-25(26,27)28/h2-14,16H,1,15H2,(H2,32,33,37)/b31-14+. The lowest BCUT2D eigenvalue weighted by atomic mass is 10.1. The van der Waals surface area contributed by atoms with Gasteiger partial charge in [-0.15, -0.1) is 18.3 Å². The van der Waals surface area contributed by atoms with Crippen LogP contribution >= 0.6 is 12.2 Å². The van der Waals surface area contributed by atoms with Crippen LogP contribution in [0.15, 0.2) is 89.2 Å². The minimum atomic E-state index is -4.74. The largest absolute Gasteiger partial charge is 0.573 e. The number of aromatic nitrogens is 3. The summed E-state index contributed by atoms with van der Waals surface area (Å²) in [7, 11) is 0. The topological polar surface area (TPSA) is 88.7 Å². The summed E-state index contributed by atoms with van der Waals surface area (Å²) in [5.41, 5.74) is 6.67. The molecule has 0 atom stereocenters. The summed E-state index contributed by atoms with van der Waals surface area (Å²) in [5.74, 6) is 0.143. The van der Waals surface area contributed by atoms with Gasteiger partial charge in [-0.1, -0.05) is 42.5 Å². The Morgan fingerprint density at radius 2 is 1.78 bits per heavy atom. The molecule has 0 aliphatic heterocycles. The molecule has 1 heterocycles. The molecule has 0 aliphatic carbocycles. The molecule has 0 saturated heterocycles. The van der Waals surface area contributed by atoms with Gasteiger partial charge in [0.25, 0.3) is 0 Å². The number of hydrazone groups is 1. The zero-order valence-electron chi connectivity index (χ0n) is 19.2. The van der Waals surface area contributed by atoms with E-state index >= 15 is 0 Å². The van der Waals surface area contributed by atoms with Crippen molar-refractivity contribution < 1.29 is 17.9 Å². The summed E-state index contributed by atoms with van der Waals surface area (Å²) in [6.45, 7) is 3.99. The van der Waals surface area contributed by atoms with Crippen molar-refractivity contribution in [3.05, 3.63) is 90.3 Å². The van der Waals surface area contributed by atoms with Crippen LogP contribution in [-0.4, -0.2) is 39.2 Å². The molecule has 8 nitrogen and oxygen atoms in total. The van der Waals surface area contributed by atoms with Gasteiger partial charge < -0.3 is 10.1 Å². The molecule has 1 aromatic heterocycles. The quantitative estimate of drug-likeness (QED) is 0.184. The highest BCUT2D eigenvalue weighted by Gasteiger charge is 2.31. The Bertz CT molecular complexity index is 1400. The van der Waals surface area contributed by atoms with Crippen molar-refractivity contribution in [3.63, 3.8) is 0 Å².